The lowest BCUT2D eigenvalue weighted by atomic mass is 10.0. The Hall–Kier alpha value is -3.49. The van der Waals surface area contributed by atoms with Crippen LogP contribution in [0.5, 0.6) is 0 Å². The van der Waals surface area contributed by atoms with Crippen molar-refractivity contribution in [2.24, 2.45) is 22.8 Å². The minimum atomic E-state index is -4.60. The normalized spacial score (nSPS) is 22.7. The summed E-state index contributed by atoms with van der Waals surface area (Å²) in [5.74, 6) is 0.302. The molecule has 2 unspecified atom stereocenters. The van der Waals surface area contributed by atoms with Crippen LogP contribution >= 0.6 is 0 Å². The van der Waals surface area contributed by atoms with Crippen LogP contribution in [-0.4, -0.2) is 94.1 Å². The molecule has 11 nitrogen and oxygen atoms in total. The number of rotatable bonds is 7. The standard InChI is InChI=1S/C28H37F3N8O3/c1-26(2,33)23(40)37-9-11-38(12-10-37)24(41)34-22-6-8-39(25(42)35-22)20-4-3-18(21(13-20)28(29,30)31)5-7-36-15-19-14-27(19,16-32)17-36/h3-4,6,8,13,19H,5,7,9-12,14-17,32-33H2,1-2H3,(H,34,35,41,42). The third-order valence-corrected chi connectivity index (χ3v) is 8.60. The summed E-state index contributed by atoms with van der Waals surface area (Å²) in [7, 11) is 0. The van der Waals surface area contributed by atoms with Gasteiger partial charge in [-0.25, -0.2) is 9.59 Å². The highest BCUT2D eigenvalue weighted by atomic mass is 19.4. The molecule has 2 saturated heterocycles. The van der Waals surface area contributed by atoms with Crippen LogP contribution in [0.25, 0.3) is 5.69 Å². The van der Waals surface area contributed by atoms with Gasteiger partial charge in [0.05, 0.1) is 16.8 Å². The van der Waals surface area contributed by atoms with E-state index in [4.69, 9.17) is 11.5 Å². The Bertz CT molecular complexity index is 1410. The molecular formula is C28H37F3N8O3. The van der Waals surface area contributed by atoms with Gasteiger partial charge in [0.25, 0.3) is 0 Å². The van der Waals surface area contributed by atoms with E-state index in [0.717, 1.165) is 30.1 Å². The number of piperidine rings is 1. The lowest BCUT2D eigenvalue weighted by molar-refractivity contribution is -0.138. The Balaban J connectivity index is 1.23. The number of nitrogens with zero attached hydrogens (tertiary/aromatic N) is 5. The van der Waals surface area contributed by atoms with E-state index in [9.17, 15) is 27.6 Å². The number of nitrogens with two attached hydrogens (primary N) is 2. The maximum atomic E-state index is 14.0. The monoisotopic (exact) mass is 590 g/mol. The number of hydrogen-bond acceptors (Lipinski definition) is 7. The summed E-state index contributed by atoms with van der Waals surface area (Å²) in [4.78, 5) is 47.0. The van der Waals surface area contributed by atoms with E-state index in [2.05, 4.69) is 15.2 Å². The van der Waals surface area contributed by atoms with E-state index in [1.165, 1.54) is 29.3 Å². The summed E-state index contributed by atoms with van der Waals surface area (Å²) in [6.07, 6.45) is -1.99. The van der Waals surface area contributed by atoms with Gasteiger partial charge in [-0.2, -0.15) is 18.2 Å². The molecule has 1 aliphatic carbocycles. The van der Waals surface area contributed by atoms with E-state index in [0.29, 0.717) is 32.1 Å². The van der Waals surface area contributed by atoms with Crippen molar-refractivity contribution in [3.63, 3.8) is 0 Å². The van der Waals surface area contributed by atoms with Crippen molar-refractivity contribution >= 4 is 17.8 Å². The van der Waals surface area contributed by atoms with E-state index in [1.54, 1.807) is 18.7 Å². The molecule has 1 aromatic heterocycles. The molecule has 3 heterocycles. The topological polar surface area (TPSA) is 143 Å². The fraction of sp³-hybridized carbons (Fsp3) is 0.571. The number of piperazine rings is 1. The number of urea groups is 1. The smallest absolute Gasteiger partial charge is 0.338 e. The molecule has 228 valence electrons. The lowest BCUT2D eigenvalue weighted by Crippen LogP contribution is -2.58. The summed E-state index contributed by atoms with van der Waals surface area (Å²) in [6.45, 7) is 7.20. The molecule has 14 heteroatoms. The molecular weight excluding hydrogens is 553 g/mol. The molecule has 1 saturated carbocycles. The second-order valence-corrected chi connectivity index (χ2v) is 12.2. The molecule has 3 aliphatic rings. The molecule has 0 spiro atoms. The number of amides is 3. The van der Waals surface area contributed by atoms with Crippen LogP contribution < -0.4 is 22.5 Å². The minimum Gasteiger partial charge on any atom is -0.338 e. The maximum Gasteiger partial charge on any atom is 0.416 e. The van der Waals surface area contributed by atoms with Crippen molar-refractivity contribution in [3.8, 4) is 5.69 Å². The predicted molar refractivity (Wildman–Crippen MR) is 150 cm³/mol. The quantitative estimate of drug-likeness (QED) is 0.444. The van der Waals surface area contributed by atoms with Gasteiger partial charge >= 0.3 is 17.9 Å². The van der Waals surface area contributed by atoms with Gasteiger partial charge in [0.2, 0.25) is 5.91 Å². The van der Waals surface area contributed by atoms with E-state index in [-0.39, 0.29) is 47.9 Å². The number of hydrogen-bond donors (Lipinski definition) is 3. The van der Waals surface area contributed by atoms with Crippen LogP contribution in [0.2, 0.25) is 0 Å². The predicted octanol–water partition coefficient (Wildman–Crippen LogP) is 1.49. The highest BCUT2D eigenvalue weighted by Crippen LogP contribution is 2.56. The van der Waals surface area contributed by atoms with Crippen molar-refractivity contribution in [2.45, 2.75) is 38.4 Å². The molecule has 1 aromatic carbocycles. The fourth-order valence-electron chi connectivity index (χ4n) is 6.04. The van der Waals surface area contributed by atoms with Crippen LogP contribution in [0.15, 0.2) is 35.3 Å². The van der Waals surface area contributed by atoms with Crippen molar-refractivity contribution in [2.75, 3.05) is 57.7 Å². The molecule has 0 radical (unpaired) electrons. The van der Waals surface area contributed by atoms with Crippen molar-refractivity contribution in [1.29, 1.82) is 0 Å². The first-order valence-corrected chi connectivity index (χ1v) is 14.1. The number of fused-ring (bicyclic) bond motifs is 1. The van der Waals surface area contributed by atoms with Gasteiger partial charge in [-0.1, -0.05) is 6.07 Å². The summed E-state index contributed by atoms with van der Waals surface area (Å²) < 4.78 is 43.1. The second-order valence-electron chi connectivity index (χ2n) is 12.2. The summed E-state index contributed by atoms with van der Waals surface area (Å²) in [6, 6.07) is 4.69. The number of nitrogens with one attached hydrogen (secondary N) is 1. The molecule has 42 heavy (non-hydrogen) atoms. The highest BCUT2D eigenvalue weighted by Gasteiger charge is 2.58. The minimum absolute atomic E-state index is 0.0228. The Morgan fingerprint density at radius 3 is 2.40 bits per heavy atom. The molecule has 5 N–H and O–H groups in total. The average molecular weight is 591 g/mol. The first kappa shape index (κ1) is 30.0. The van der Waals surface area contributed by atoms with Gasteiger partial charge in [0.15, 0.2) is 0 Å². The van der Waals surface area contributed by atoms with Gasteiger partial charge in [-0.05, 0) is 68.3 Å². The zero-order valence-corrected chi connectivity index (χ0v) is 23.8. The molecule has 3 fully saturated rings. The number of benzene rings is 1. The number of carbonyl (C=O) groups excluding carboxylic acids is 2. The summed E-state index contributed by atoms with van der Waals surface area (Å²) in [5, 5.41) is 2.55. The highest BCUT2D eigenvalue weighted by molar-refractivity contribution is 5.89. The van der Waals surface area contributed by atoms with E-state index >= 15 is 0 Å². The molecule has 2 aromatic rings. The van der Waals surface area contributed by atoms with Gasteiger partial charge in [0, 0.05) is 52.0 Å². The number of alkyl halides is 3. The molecule has 5 rings (SSSR count). The van der Waals surface area contributed by atoms with Crippen molar-refractivity contribution in [1.82, 2.24) is 24.3 Å². The largest absolute Gasteiger partial charge is 0.416 e. The van der Waals surface area contributed by atoms with Gasteiger partial charge in [-0.15, -0.1) is 0 Å². The molecule has 2 aliphatic heterocycles. The van der Waals surface area contributed by atoms with Crippen LogP contribution in [0.3, 0.4) is 0 Å². The Kier molecular flexibility index (Phi) is 7.83. The fourth-order valence-corrected chi connectivity index (χ4v) is 6.04. The Morgan fingerprint density at radius 1 is 1.12 bits per heavy atom. The third kappa shape index (κ3) is 6.15. The summed E-state index contributed by atoms with van der Waals surface area (Å²) >= 11 is 0. The summed E-state index contributed by atoms with van der Waals surface area (Å²) in [5.41, 5.74) is 9.46. The van der Waals surface area contributed by atoms with E-state index in [1.807, 2.05) is 0 Å². The van der Waals surface area contributed by atoms with Crippen LogP contribution in [-0.2, 0) is 17.4 Å². The second kappa shape index (κ2) is 11.0. The third-order valence-electron chi connectivity index (χ3n) is 8.60. The SMILES string of the molecule is CC(C)(N)C(=O)N1CCN(C(=O)Nc2ccn(-c3ccc(CCN4CC5CC5(CN)C4)c(C(F)(F)F)c3)c(=O)n2)CC1. The Labute approximate surface area is 241 Å². The maximum absolute atomic E-state index is 14.0. The number of anilines is 1. The van der Waals surface area contributed by atoms with Gasteiger partial charge in [0.1, 0.15) is 5.82 Å². The average Bonchev–Trinajstić information content (AvgIpc) is 3.50. The molecule has 3 amide bonds. The number of likely N-dealkylation sites (tertiary alicyclic amines) is 1. The molecule has 2 atom stereocenters. The first-order chi connectivity index (χ1) is 19.7. The van der Waals surface area contributed by atoms with Gasteiger partial charge in [-0.3, -0.25) is 14.7 Å². The zero-order chi connectivity index (χ0) is 30.4. The number of halogens is 3. The van der Waals surface area contributed by atoms with Crippen LogP contribution in [0, 0.1) is 11.3 Å². The van der Waals surface area contributed by atoms with Gasteiger partial charge < -0.3 is 26.2 Å². The van der Waals surface area contributed by atoms with Crippen LogP contribution in [0.4, 0.5) is 23.8 Å². The lowest BCUT2D eigenvalue weighted by Gasteiger charge is -2.37. The van der Waals surface area contributed by atoms with E-state index < -0.39 is 29.0 Å². The molecule has 0 bridgehead atoms. The van der Waals surface area contributed by atoms with Crippen molar-refractivity contribution < 1.29 is 22.8 Å². The number of carbonyl (C=O) groups is 2. The first-order valence-electron chi connectivity index (χ1n) is 14.1. The van der Waals surface area contributed by atoms with Crippen molar-refractivity contribution in [3.05, 3.63) is 52.1 Å². The Morgan fingerprint density at radius 2 is 1.81 bits per heavy atom. The number of aromatic nitrogens is 2. The zero-order valence-electron chi connectivity index (χ0n) is 23.8. The van der Waals surface area contributed by atoms with Crippen LogP contribution in [0.1, 0.15) is 31.4 Å².